The molecule has 0 aliphatic rings. The molecule has 0 rings (SSSR count). The van der Waals surface area contributed by atoms with Crippen molar-refractivity contribution in [3.63, 3.8) is 0 Å². The van der Waals surface area contributed by atoms with Crippen LogP contribution in [0.2, 0.25) is 0 Å². The summed E-state index contributed by atoms with van der Waals surface area (Å²) in [5.74, 6) is 0. The molecule has 1 N–H and O–H groups in total. The van der Waals surface area contributed by atoms with Crippen LogP contribution < -0.4 is 5.32 Å². The summed E-state index contributed by atoms with van der Waals surface area (Å²) in [5, 5.41) is 3.44. The number of hydrogen-bond acceptors (Lipinski definition) is 1. The minimum absolute atomic E-state index is 0.268. The van der Waals surface area contributed by atoms with Gasteiger partial charge in [0.1, 0.15) is 0 Å². The molecular formula is C6H17NP2. The lowest BCUT2D eigenvalue weighted by atomic mass is 11.2. The van der Waals surface area contributed by atoms with Crippen LogP contribution in [0.1, 0.15) is 0 Å². The molecule has 9 heavy (non-hydrogen) atoms. The zero-order valence-electron chi connectivity index (χ0n) is 6.81. The molecule has 3 heteroatoms. The van der Waals surface area contributed by atoms with E-state index in [-0.39, 0.29) is 15.8 Å². The van der Waals surface area contributed by atoms with Crippen LogP contribution in [0.5, 0.6) is 0 Å². The SMILES string of the molecule is CP(C)CNCP(C)C. The number of nitrogens with one attached hydrogen (secondary N) is 1. The van der Waals surface area contributed by atoms with Gasteiger partial charge in [-0.1, -0.05) is 15.8 Å². The van der Waals surface area contributed by atoms with Crippen molar-refractivity contribution in [1.82, 2.24) is 5.32 Å². The predicted molar refractivity (Wildman–Crippen MR) is 50.4 cm³/mol. The molecule has 0 aromatic carbocycles. The lowest BCUT2D eigenvalue weighted by molar-refractivity contribution is 0.935. The fourth-order valence-electron chi connectivity index (χ4n) is 0.497. The van der Waals surface area contributed by atoms with Gasteiger partial charge < -0.3 is 5.32 Å². The maximum absolute atomic E-state index is 3.44. The summed E-state index contributed by atoms with van der Waals surface area (Å²) >= 11 is 0. The third kappa shape index (κ3) is 8.82. The highest BCUT2D eigenvalue weighted by atomic mass is 31.1. The summed E-state index contributed by atoms with van der Waals surface area (Å²) in [6.45, 7) is 9.21. The van der Waals surface area contributed by atoms with Crippen LogP contribution in [0, 0.1) is 0 Å². The number of rotatable bonds is 4. The highest BCUT2D eigenvalue weighted by Crippen LogP contribution is 2.25. The molecule has 0 saturated carbocycles. The Bertz CT molecular complexity index is 56.1. The van der Waals surface area contributed by atoms with Crippen LogP contribution in [0.15, 0.2) is 0 Å². The Kier molecular flexibility index (Phi) is 6.10. The molecule has 0 amide bonds. The molecule has 0 spiro atoms. The Morgan fingerprint density at radius 2 is 1.22 bits per heavy atom. The summed E-state index contributed by atoms with van der Waals surface area (Å²) in [5.41, 5.74) is 0. The molecule has 0 aromatic heterocycles. The van der Waals surface area contributed by atoms with Crippen LogP contribution >= 0.6 is 15.8 Å². The van der Waals surface area contributed by atoms with Gasteiger partial charge in [0.15, 0.2) is 0 Å². The van der Waals surface area contributed by atoms with E-state index in [2.05, 4.69) is 32.0 Å². The van der Waals surface area contributed by atoms with Crippen LogP contribution in [0.3, 0.4) is 0 Å². The molecule has 0 saturated heterocycles. The highest BCUT2D eigenvalue weighted by Gasteiger charge is 1.92. The maximum Gasteiger partial charge on any atom is 0.0153 e. The first kappa shape index (κ1) is 9.82. The van der Waals surface area contributed by atoms with E-state index in [0.29, 0.717) is 0 Å². The molecular weight excluding hydrogens is 148 g/mol. The van der Waals surface area contributed by atoms with Crippen molar-refractivity contribution >= 4 is 15.8 Å². The summed E-state index contributed by atoms with van der Waals surface area (Å²) in [4.78, 5) is 0. The van der Waals surface area contributed by atoms with Crippen molar-refractivity contribution in [2.24, 2.45) is 0 Å². The van der Waals surface area contributed by atoms with E-state index < -0.39 is 0 Å². The van der Waals surface area contributed by atoms with E-state index in [1.54, 1.807) is 0 Å². The average molecular weight is 165 g/mol. The van der Waals surface area contributed by atoms with Gasteiger partial charge in [-0.25, -0.2) is 0 Å². The molecule has 0 unspecified atom stereocenters. The third-order valence-electron chi connectivity index (χ3n) is 0.856. The van der Waals surface area contributed by atoms with Gasteiger partial charge in [-0.3, -0.25) is 0 Å². The van der Waals surface area contributed by atoms with E-state index in [9.17, 15) is 0 Å². The first-order valence-electron chi connectivity index (χ1n) is 3.13. The second kappa shape index (κ2) is 5.59. The second-order valence-corrected chi connectivity index (χ2v) is 7.68. The Morgan fingerprint density at radius 3 is 1.44 bits per heavy atom. The summed E-state index contributed by atoms with van der Waals surface area (Å²) in [6, 6.07) is 0. The van der Waals surface area contributed by atoms with Gasteiger partial charge in [0, 0.05) is 12.6 Å². The molecule has 0 radical (unpaired) electrons. The Hall–Kier alpha value is 0.820. The van der Waals surface area contributed by atoms with E-state index >= 15 is 0 Å². The molecule has 1 nitrogen and oxygen atoms in total. The van der Waals surface area contributed by atoms with Crippen molar-refractivity contribution in [1.29, 1.82) is 0 Å². The van der Waals surface area contributed by atoms with Gasteiger partial charge in [-0.05, 0) is 26.7 Å². The molecule has 0 aromatic rings. The lowest BCUT2D eigenvalue weighted by Gasteiger charge is -2.09. The standard InChI is InChI=1S/C6H17NP2/c1-8(2)5-7-6-9(3)4/h7H,5-6H2,1-4H3. The highest BCUT2D eigenvalue weighted by molar-refractivity contribution is 7.56. The fourth-order valence-corrected chi connectivity index (χ4v) is 1.79. The van der Waals surface area contributed by atoms with Gasteiger partial charge in [0.25, 0.3) is 0 Å². The van der Waals surface area contributed by atoms with Crippen LogP contribution in [-0.4, -0.2) is 39.2 Å². The van der Waals surface area contributed by atoms with Crippen molar-refractivity contribution in [3.05, 3.63) is 0 Å². The minimum atomic E-state index is 0.268. The molecule has 0 aliphatic heterocycles. The molecule has 0 heterocycles. The van der Waals surface area contributed by atoms with Crippen LogP contribution in [-0.2, 0) is 0 Å². The Morgan fingerprint density at radius 1 is 0.889 bits per heavy atom. The Labute approximate surface area is 61.1 Å². The smallest absolute Gasteiger partial charge is 0.0153 e. The van der Waals surface area contributed by atoms with Gasteiger partial charge >= 0.3 is 0 Å². The molecule has 0 bridgehead atoms. The zero-order chi connectivity index (χ0) is 7.28. The van der Waals surface area contributed by atoms with Crippen molar-refractivity contribution in [2.75, 3.05) is 39.2 Å². The van der Waals surface area contributed by atoms with E-state index in [1.165, 1.54) is 12.6 Å². The predicted octanol–water partition coefficient (Wildman–Crippen LogP) is 1.97. The molecule has 0 aliphatic carbocycles. The van der Waals surface area contributed by atoms with Gasteiger partial charge in [-0.2, -0.15) is 0 Å². The maximum atomic E-state index is 3.44. The first-order chi connectivity index (χ1) is 4.13. The summed E-state index contributed by atoms with van der Waals surface area (Å²) in [6.07, 6.45) is 2.46. The van der Waals surface area contributed by atoms with Gasteiger partial charge in [-0.15, -0.1) is 0 Å². The molecule has 56 valence electrons. The van der Waals surface area contributed by atoms with Crippen molar-refractivity contribution in [3.8, 4) is 0 Å². The van der Waals surface area contributed by atoms with Crippen LogP contribution in [0.25, 0.3) is 0 Å². The minimum Gasteiger partial charge on any atom is -0.309 e. The van der Waals surface area contributed by atoms with E-state index in [4.69, 9.17) is 0 Å². The average Bonchev–Trinajstić information content (AvgIpc) is 1.63. The quantitative estimate of drug-likeness (QED) is 0.628. The lowest BCUT2D eigenvalue weighted by Crippen LogP contribution is -2.13. The second-order valence-electron chi connectivity index (χ2n) is 2.73. The summed E-state index contributed by atoms with van der Waals surface area (Å²) < 4.78 is 0. The van der Waals surface area contributed by atoms with E-state index in [1.807, 2.05) is 0 Å². The van der Waals surface area contributed by atoms with Crippen molar-refractivity contribution < 1.29 is 0 Å². The normalized spacial score (nSPS) is 11.3. The largest absolute Gasteiger partial charge is 0.309 e. The summed E-state index contributed by atoms with van der Waals surface area (Å²) in [7, 11) is 0.536. The molecule has 0 atom stereocenters. The first-order valence-corrected chi connectivity index (χ1v) is 7.97. The molecule has 0 fully saturated rings. The van der Waals surface area contributed by atoms with Gasteiger partial charge in [0.05, 0.1) is 0 Å². The fraction of sp³-hybridized carbons (Fsp3) is 1.00. The van der Waals surface area contributed by atoms with Gasteiger partial charge in [0.2, 0.25) is 0 Å². The van der Waals surface area contributed by atoms with E-state index in [0.717, 1.165) is 0 Å². The Balaban J connectivity index is 2.91. The third-order valence-corrected chi connectivity index (χ3v) is 2.57. The van der Waals surface area contributed by atoms with Crippen LogP contribution in [0.4, 0.5) is 0 Å². The topological polar surface area (TPSA) is 12.0 Å². The zero-order valence-corrected chi connectivity index (χ0v) is 8.60. The van der Waals surface area contributed by atoms with Crippen molar-refractivity contribution in [2.45, 2.75) is 0 Å². The number of hydrogen-bond donors (Lipinski definition) is 1. The monoisotopic (exact) mass is 165 g/mol.